The lowest BCUT2D eigenvalue weighted by molar-refractivity contribution is -0.386. The van der Waals surface area contributed by atoms with E-state index in [0.717, 1.165) is 10.6 Å². The van der Waals surface area contributed by atoms with Gasteiger partial charge in [-0.3, -0.25) is 14.8 Å². The number of aryl methyl sites for hydroxylation is 1. The number of benzene rings is 1. The SMILES string of the molecule is CCSc1cccc([N+](=O)[O-])c1COc1ccn(C)n1. The Morgan fingerprint density at radius 2 is 2.25 bits per heavy atom. The quantitative estimate of drug-likeness (QED) is 0.465. The van der Waals surface area contributed by atoms with E-state index in [1.807, 2.05) is 13.0 Å². The molecule has 0 atom stereocenters. The van der Waals surface area contributed by atoms with Gasteiger partial charge in [0.1, 0.15) is 6.61 Å². The second kappa shape index (κ2) is 6.42. The molecule has 1 aromatic heterocycles. The third-order valence-corrected chi connectivity index (χ3v) is 3.64. The molecule has 2 rings (SSSR count). The molecule has 1 aromatic carbocycles. The van der Waals surface area contributed by atoms with E-state index >= 15 is 0 Å². The molecule has 7 heteroatoms. The van der Waals surface area contributed by atoms with Gasteiger partial charge in [0, 0.05) is 30.3 Å². The first kappa shape index (κ1) is 14.4. The highest BCUT2D eigenvalue weighted by Crippen LogP contribution is 2.30. The fraction of sp³-hybridized carbons (Fsp3) is 0.308. The summed E-state index contributed by atoms with van der Waals surface area (Å²) in [6.45, 7) is 2.14. The molecule has 0 aliphatic carbocycles. The number of ether oxygens (including phenoxy) is 1. The van der Waals surface area contributed by atoms with E-state index in [-0.39, 0.29) is 17.2 Å². The molecule has 0 unspecified atom stereocenters. The summed E-state index contributed by atoms with van der Waals surface area (Å²) in [5.74, 6) is 1.30. The van der Waals surface area contributed by atoms with Gasteiger partial charge in [0.15, 0.2) is 0 Å². The third-order valence-electron chi connectivity index (χ3n) is 2.66. The van der Waals surface area contributed by atoms with Crippen molar-refractivity contribution in [3.63, 3.8) is 0 Å². The van der Waals surface area contributed by atoms with Crippen molar-refractivity contribution in [2.24, 2.45) is 7.05 Å². The van der Waals surface area contributed by atoms with Crippen molar-refractivity contribution in [2.75, 3.05) is 5.75 Å². The molecule has 2 aromatic rings. The van der Waals surface area contributed by atoms with Crippen LogP contribution < -0.4 is 4.74 Å². The summed E-state index contributed by atoms with van der Waals surface area (Å²) in [4.78, 5) is 11.6. The van der Waals surface area contributed by atoms with Gasteiger partial charge < -0.3 is 4.74 Å². The molecule has 0 saturated heterocycles. The van der Waals surface area contributed by atoms with Gasteiger partial charge in [0.25, 0.3) is 5.69 Å². The summed E-state index contributed by atoms with van der Waals surface area (Å²) < 4.78 is 7.16. The standard InChI is InChI=1S/C13H15N3O3S/c1-3-20-12-6-4-5-11(16(17)18)10(12)9-19-13-7-8-15(2)14-13/h4-8H,3,9H2,1-2H3. The topological polar surface area (TPSA) is 70.2 Å². The lowest BCUT2D eigenvalue weighted by Crippen LogP contribution is -2.03. The molecule has 0 saturated carbocycles. The molecule has 106 valence electrons. The average molecular weight is 293 g/mol. The van der Waals surface area contributed by atoms with Crippen LogP contribution in [0.1, 0.15) is 12.5 Å². The van der Waals surface area contributed by atoms with E-state index in [2.05, 4.69) is 5.10 Å². The normalized spacial score (nSPS) is 10.5. The number of nitro groups is 1. The molecule has 6 nitrogen and oxygen atoms in total. The summed E-state index contributed by atoms with van der Waals surface area (Å²) in [6.07, 6.45) is 1.76. The Morgan fingerprint density at radius 1 is 1.45 bits per heavy atom. The Balaban J connectivity index is 2.25. The molecule has 1 heterocycles. The maximum atomic E-state index is 11.1. The van der Waals surface area contributed by atoms with Crippen LogP contribution in [0, 0.1) is 10.1 Å². The number of nitro benzene ring substituents is 1. The zero-order valence-electron chi connectivity index (χ0n) is 11.3. The van der Waals surface area contributed by atoms with Crippen LogP contribution in [0.2, 0.25) is 0 Å². The minimum atomic E-state index is -0.378. The van der Waals surface area contributed by atoms with Crippen LogP contribution in [-0.2, 0) is 13.7 Å². The van der Waals surface area contributed by atoms with Crippen molar-refractivity contribution in [2.45, 2.75) is 18.4 Å². The largest absolute Gasteiger partial charge is 0.471 e. The van der Waals surface area contributed by atoms with Crippen LogP contribution in [0.3, 0.4) is 0 Å². The highest BCUT2D eigenvalue weighted by molar-refractivity contribution is 7.99. The first-order valence-electron chi connectivity index (χ1n) is 6.13. The minimum absolute atomic E-state index is 0.0828. The molecule has 20 heavy (non-hydrogen) atoms. The summed E-state index contributed by atoms with van der Waals surface area (Å²) >= 11 is 1.56. The Bertz CT molecular complexity index is 613. The molecule has 0 amide bonds. The van der Waals surface area contributed by atoms with Gasteiger partial charge in [0.05, 0.1) is 10.5 Å². The van der Waals surface area contributed by atoms with Gasteiger partial charge in [-0.2, -0.15) is 0 Å². The molecule has 0 radical (unpaired) electrons. The molecule has 0 aliphatic rings. The number of hydrogen-bond donors (Lipinski definition) is 0. The van der Waals surface area contributed by atoms with Gasteiger partial charge in [-0.25, -0.2) is 0 Å². The average Bonchev–Trinajstić information content (AvgIpc) is 2.83. The fourth-order valence-electron chi connectivity index (χ4n) is 1.78. The van der Waals surface area contributed by atoms with Crippen LogP contribution in [0.15, 0.2) is 35.4 Å². The van der Waals surface area contributed by atoms with Gasteiger partial charge in [-0.1, -0.05) is 13.0 Å². The molecule has 0 fully saturated rings. The first-order valence-corrected chi connectivity index (χ1v) is 7.12. The molecular weight excluding hydrogens is 278 g/mol. The minimum Gasteiger partial charge on any atom is -0.471 e. The highest BCUT2D eigenvalue weighted by Gasteiger charge is 2.18. The second-order valence-electron chi connectivity index (χ2n) is 4.06. The van der Waals surface area contributed by atoms with Crippen LogP contribution in [0.5, 0.6) is 5.88 Å². The summed E-state index contributed by atoms with van der Waals surface area (Å²) in [6, 6.07) is 6.79. The van der Waals surface area contributed by atoms with Gasteiger partial charge in [-0.05, 0) is 11.8 Å². The fourth-order valence-corrected chi connectivity index (χ4v) is 2.60. The Labute approximate surface area is 120 Å². The number of nitrogens with zero attached hydrogens (tertiary/aromatic N) is 3. The van der Waals surface area contributed by atoms with E-state index in [1.165, 1.54) is 6.07 Å². The monoisotopic (exact) mass is 293 g/mol. The second-order valence-corrected chi connectivity index (χ2v) is 5.37. The lowest BCUT2D eigenvalue weighted by atomic mass is 10.2. The van der Waals surface area contributed by atoms with E-state index in [4.69, 9.17) is 4.74 Å². The maximum Gasteiger partial charge on any atom is 0.277 e. The number of rotatable bonds is 6. The zero-order chi connectivity index (χ0) is 14.5. The van der Waals surface area contributed by atoms with Crippen molar-refractivity contribution >= 4 is 17.4 Å². The number of hydrogen-bond acceptors (Lipinski definition) is 5. The molecule has 0 aliphatic heterocycles. The van der Waals surface area contributed by atoms with Crippen LogP contribution in [0.25, 0.3) is 0 Å². The lowest BCUT2D eigenvalue weighted by Gasteiger charge is -2.09. The van der Waals surface area contributed by atoms with E-state index in [9.17, 15) is 10.1 Å². The highest BCUT2D eigenvalue weighted by atomic mass is 32.2. The smallest absolute Gasteiger partial charge is 0.277 e. The number of aromatic nitrogens is 2. The summed E-state index contributed by atoms with van der Waals surface area (Å²) in [5.41, 5.74) is 0.675. The Hall–Kier alpha value is -2.02. The molecule has 0 bridgehead atoms. The summed E-state index contributed by atoms with van der Waals surface area (Å²) in [5, 5.41) is 15.2. The maximum absolute atomic E-state index is 11.1. The van der Waals surface area contributed by atoms with E-state index in [0.29, 0.717) is 11.4 Å². The van der Waals surface area contributed by atoms with Gasteiger partial charge in [-0.15, -0.1) is 16.9 Å². The third kappa shape index (κ3) is 3.30. The number of thioether (sulfide) groups is 1. The Kier molecular flexibility index (Phi) is 4.62. The first-order chi connectivity index (χ1) is 9.61. The van der Waals surface area contributed by atoms with Crippen LogP contribution >= 0.6 is 11.8 Å². The predicted molar refractivity (Wildman–Crippen MR) is 77.0 cm³/mol. The zero-order valence-corrected chi connectivity index (χ0v) is 12.1. The predicted octanol–water partition coefficient (Wildman–Crippen LogP) is 3.02. The molecular formula is C13H15N3O3S. The van der Waals surface area contributed by atoms with Crippen molar-refractivity contribution < 1.29 is 9.66 Å². The molecule has 0 N–H and O–H groups in total. The van der Waals surface area contributed by atoms with Crippen LogP contribution in [-0.4, -0.2) is 20.5 Å². The van der Waals surface area contributed by atoms with Crippen molar-refractivity contribution in [1.82, 2.24) is 9.78 Å². The Morgan fingerprint density at radius 3 is 2.85 bits per heavy atom. The summed E-state index contributed by atoms with van der Waals surface area (Å²) in [7, 11) is 1.79. The van der Waals surface area contributed by atoms with Crippen molar-refractivity contribution in [3.8, 4) is 5.88 Å². The van der Waals surface area contributed by atoms with Gasteiger partial charge in [0.2, 0.25) is 5.88 Å². The van der Waals surface area contributed by atoms with Gasteiger partial charge >= 0.3 is 0 Å². The van der Waals surface area contributed by atoms with Crippen molar-refractivity contribution in [1.29, 1.82) is 0 Å². The van der Waals surface area contributed by atoms with Crippen LogP contribution in [0.4, 0.5) is 5.69 Å². The van der Waals surface area contributed by atoms with E-state index < -0.39 is 0 Å². The van der Waals surface area contributed by atoms with E-state index in [1.54, 1.807) is 41.8 Å². The molecule has 0 spiro atoms. The van der Waals surface area contributed by atoms with Crippen molar-refractivity contribution in [3.05, 3.63) is 46.1 Å².